The quantitative estimate of drug-likeness (QED) is 0.521. The van der Waals surface area contributed by atoms with Crippen LogP contribution in [0.4, 0.5) is 0 Å². The molecule has 1 aliphatic carbocycles. The van der Waals surface area contributed by atoms with Crippen molar-refractivity contribution in [3.63, 3.8) is 0 Å². The molecule has 0 unspecified atom stereocenters. The summed E-state index contributed by atoms with van der Waals surface area (Å²) in [4.78, 5) is 4.93. The van der Waals surface area contributed by atoms with E-state index < -0.39 is 0 Å². The van der Waals surface area contributed by atoms with Crippen LogP contribution in [-0.4, -0.2) is 43.0 Å². The molecule has 1 saturated heterocycles. The van der Waals surface area contributed by atoms with E-state index >= 15 is 0 Å². The van der Waals surface area contributed by atoms with Gasteiger partial charge < -0.3 is 9.80 Å². The summed E-state index contributed by atoms with van der Waals surface area (Å²) in [6, 6.07) is 19.0. The molecule has 4 rings (SSSR count). The van der Waals surface area contributed by atoms with Crippen molar-refractivity contribution in [1.82, 2.24) is 9.80 Å². The predicted molar refractivity (Wildman–Crippen MR) is 135 cm³/mol. The average molecular weight is 407 g/mol. The van der Waals surface area contributed by atoms with Gasteiger partial charge in [-0.05, 0) is 44.0 Å². The summed E-state index contributed by atoms with van der Waals surface area (Å²) in [5.74, 6) is 0. The van der Waals surface area contributed by atoms with Gasteiger partial charge in [-0.1, -0.05) is 100 Å². The minimum atomic E-state index is 1.20. The molecule has 0 radical (unpaired) electrons. The maximum atomic E-state index is 2.53. The van der Waals surface area contributed by atoms with Gasteiger partial charge in [0.2, 0.25) is 0 Å². The molecule has 2 heteroatoms. The minimum Gasteiger partial charge on any atom is -0.372 e. The minimum absolute atomic E-state index is 1.20. The van der Waals surface area contributed by atoms with Crippen LogP contribution in [0.2, 0.25) is 0 Å². The van der Waals surface area contributed by atoms with Gasteiger partial charge in [0.05, 0.1) is 0 Å². The van der Waals surface area contributed by atoms with Crippen molar-refractivity contribution in [2.45, 2.75) is 47.5 Å². The van der Waals surface area contributed by atoms with Crippen molar-refractivity contribution in [3.05, 3.63) is 84.1 Å². The molecule has 0 aromatic heterocycles. The van der Waals surface area contributed by atoms with E-state index in [0.717, 1.165) is 0 Å². The maximum Gasteiger partial charge on any atom is 0.0303 e. The molecule has 0 spiro atoms. The Labute approximate surface area is 185 Å². The van der Waals surface area contributed by atoms with Crippen molar-refractivity contribution >= 4 is 0 Å². The topological polar surface area (TPSA) is 6.48 Å². The highest BCUT2D eigenvalue weighted by atomic mass is 15.2. The molecule has 0 saturated carbocycles. The number of aryl methyl sites for hydroxylation is 1. The fraction of sp³-hybridized carbons (Fsp3) is 0.429. The third kappa shape index (κ3) is 9.00. The number of hydrogen-bond acceptors (Lipinski definition) is 2. The van der Waals surface area contributed by atoms with Gasteiger partial charge in [-0.2, -0.15) is 0 Å². The van der Waals surface area contributed by atoms with E-state index in [2.05, 4.69) is 90.5 Å². The van der Waals surface area contributed by atoms with Crippen LogP contribution in [0.3, 0.4) is 0 Å². The molecule has 0 amide bonds. The Balaban J connectivity index is 0.000000258. The smallest absolute Gasteiger partial charge is 0.0303 e. The first-order valence-electron chi connectivity index (χ1n) is 11.6. The summed E-state index contributed by atoms with van der Waals surface area (Å²) in [6.45, 7) is 14.9. The van der Waals surface area contributed by atoms with Crippen LogP contribution in [-0.2, 0) is 0 Å². The van der Waals surface area contributed by atoms with E-state index in [4.69, 9.17) is 0 Å². The first kappa shape index (κ1) is 25.7. The molecule has 0 N–H and O–H groups in total. The molecule has 2 aromatic carbocycles. The number of hydrogen-bond donors (Lipinski definition) is 0. The Bertz CT molecular complexity index is 721. The summed E-state index contributed by atoms with van der Waals surface area (Å²) >= 11 is 0. The second-order valence-corrected chi connectivity index (χ2v) is 7.15. The van der Waals surface area contributed by atoms with Crippen molar-refractivity contribution in [3.8, 4) is 11.1 Å². The van der Waals surface area contributed by atoms with Gasteiger partial charge in [-0.25, -0.2) is 0 Å². The predicted octanol–water partition coefficient (Wildman–Crippen LogP) is 7.18. The average Bonchev–Trinajstić information content (AvgIpc) is 2.84. The fourth-order valence-electron chi connectivity index (χ4n) is 3.32. The SMILES string of the molecule is CC.CC.CN1CCN(C2=CC=CCC2)CC1.Cc1ccc(-c2ccccc2)cc1. The molecule has 0 bridgehead atoms. The molecule has 2 aliphatic rings. The van der Waals surface area contributed by atoms with E-state index in [1.807, 2.05) is 33.8 Å². The third-order valence-corrected chi connectivity index (χ3v) is 5.06. The fourth-order valence-corrected chi connectivity index (χ4v) is 3.32. The van der Waals surface area contributed by atoms with Crippen LogP contribution < -0.4 is 0 Å². The van der Waals surface area contributed by atoms with E-state index in [0.29, 0.717) is 0 Å². The molecule has 1 heterocycles. The molecule has 2 aromatic rings. The van der Waals surface area contributed by atoms with E-state index in [-0.39, 0.29) is 0 Å². The first-order chi connectivity index (χ1) is 14.7. The standard InChI is InChI=1S/C13H12.C11H18N2.2C2H6/c1-11-7-9-13(10-8-11)12-5-3-2-4-6-12;1-12-7-9-13(10-8-12)11-5-3-2-4-6-11;2*1-2/h2-10H,1H3;2-3,5H,4,6-10H2,1H3;2*1-2H3. The Morgan fingerprint density at radius 3 is 1.80 bits per heavy atom. The normalized spacial score (nSPS) is 15.4. The molecule has 30 heavy (non-hydrogen) atoms. The summed E-state index contributed by atoms with van der Waals surface area (Å²) < 4.78 is 0. The number of likely N-dealkylation sites (N-methyl/N-ethyl adjacent to an activating group) is 1. The molecular formula is C28H42N2. The van der Waals surface area contributed by atoms with Crippen LogP contribution in [0.5, 0.6) is 0 Å². The maximum absolute atomic E-state index is 2.53. The second kappa shape index (κ2) is 15.5. The summed E-state index contributed by atoms with van der Waals surface area (Å²) in [5, 5.41) is 0. The van der Waals surface area contributed by atoms with Crippen LogP contribution >= 0.6 is 0 Å². The summed E-state index contributed by atoms with van der Waals surface area (Å²) in [6.07, 6.45) is 9.17. The van der Waals surface area contributed by atoms with Crippen LogP contribution in [0.1, 0.15) is 46.1 Å². The second-order valence-electron chi connectivity index (χ2n) is 7.15. The highest BCUT2D eigenvalue weighted by Gasteiger charge is 2.15. The van der Waals surface area contributed by atoms with Crippen LogP contribution in [0.25, 0.3) is 11.1 Å². The molecule has 1 fully saturated rings. The Kier molecular flexibility index (Phi) is 13.3. The zero-order chi connectivity index (χ0) is 22.2. The van der Waals surface area contributed by atoms with E-state index in [1.165, 1.54) is 61.4 Å². The van der Waals surface area contributed by atoms with Gasteiger partial charge in [-0.3, -0.25) is 0 Å². The number of piperazine rings is 1. The molecule has 0 atom stereocenters. The third-order valence-electron chi connectivity index (χ3n) is 5.06. The Morgan fingerprint density at radius 2 is 1.27 bits per heavy atom. The Morgan fingerprint density at radius 1 is 0.700 bits per heavy atom. The van der Waals surface area contributed by atoms with Crippen molar-refractivity contribution in [2.24, 2.45) is 0 Å². The van der Waals surface area contributed by atoms with Crippen LogP contribution in [0, 0.1) is 6.92 Å². The lowest BCUT2D eigenvalue weighted by Gasteiger charge is -2.36. The van der Waals surface area contributed by atoms with Gasteiger partial charge in [0, 0.05) is 31.9 Å². The summed E-state index contributed by atoms with van der Waals surface area (Å²) in [5.41, 5.74) is 5.41. The van der Waals surface area contributed by atoms with Gasteiger partial charge >= 0.3 is 0 Å². The highest BCUT2D eigenvalue weighted by molar-refractivity contribution is 5.63. The zero-order valence-corrected chi connectivity index (χ0v) is 20.1. The van der Waals surface area contributed by atoms with Crippen molar-refractivity contribution in [2.75, 3.05) is 33.2 Å². The van der Waals surface area contributed by atoms with Gasteiger partial charge in [-0.15, -0.1) is 0 Å². The largest absolute Gasteiger partial charge is 0.372 e. The van der Waals surface area contributed by atoms with Crippen molar-refractivity contribution < 1.29 is 0 Å². The molecular weight excluding hydrogens is 364 g/mol. The Hall–Kier alpha value is -2.32. The first-order valence-corrected chi connectivity index (χ1v) is 11.6. The number of allylic oxidation sites excluding steroid dienone is 4. The zero-order valence-electron chi connectivity index (χ0n) is 20.1. The monoisotopic (exact) mass is 406 g/mol. The highest BCUT2D eigenvalue weighted by Crippen LogP contribution is 2.19. The molecule has 164 valence electrons. The van der Waals surface area contributed by atoms with Gasteiger partial charge in [0.15, 0.2) is 0 Å². The lowest BCUT2D eigenvalue weighted by molar-refractivity contribution is 0.182. The number of nitrogens with zero attached hydrogens (tertiary/aromatic N) is 2. The van der Waals surface area contributed by atoms with E-state index in [9.17, 15) is 0 Å². The molecule has 2 nitrogen and oxygen atoms in total. The number of rotatable bonds is 2. The lowest BCUT2D eigenvalue weighted by atomic mass is 10.0. The van der Waals surface area contributed by atoms with Gasteiger partial charge in [0.25, 0.3) is 0 Å². The molecule has 1 aliphatic heterocycles. The van der Waals surface area contributed by atoms with Crippen LogP contribution in [0.15, 0.2) is 78.5 Å². The van der Waals surface area contributed by atoms with Crippen molar-refractivity contribution in [1.29, 1.82) is 0 Å². The van der Waals surface area contributed by atoms with Gasteiger partial charge in [0.1, 0.15) is 0 Å². The summed E-state index contributed by atoms with van der Waals surface area (Å²) in [7, 11) is 2.20. The lowest BCUT2D eigenvalue weighted by Crippen LogP contribution is -2.43. The number of benzene rings is 2. The van der Waals surface area contributed by atoms with E-state index in [1.54, 1.807) is 0 Å².